The lowest BCUT2D eigenvalue weighted by atomic mass is 10.2. The lowest BCUT2D eigenvalue weighted by Crippen LogP contribution is -2.09. The number of esters is 1. The van der Waals surface area contributed by atoms with Gasteiger partial charge in [0.25, 0.3) is 0 Å². The van der Waals surface area contributed by atoms with Gasteiger partial charge in [-0.1, -0.05) is 0 Å². The van der Waals surface area contributed by atoms with Gasteiger partial charge in [0.05, 0.1) is 19.2 Å². The molecule has 0 spiro atoms. The van der Waals surface area contributed by atoms with Crippen LogP contribution in [-0.2, 0) is 16.1 Å². The Morgan fingerprint density at radius 2 is 2.26 bits per heavy atom. The molecule has 19 heavy (non-hydrogen) atoms. The van der Waals surface area contributed by atoms with Crippen LogP contribution >= 0.6 is 11.3 Å². The number of aromatic nitrogens is 2. The highest BCUT2D eigenvalue weighted by Gasteiger charge is 2.14. The minimum Gasteiger partial charge on any atom is -0.469 e. The van der Waals surface area contributed by atoms with Gasteiger partial charge in [0.2, 0.25) is 0 Å². The molecule has 0 aliphatic rings. The summed E-state index contributed by atoms with van der Waals surface area (Å²) in [6, 6.07) is 2.07. The van der Waals surface area contributed by atoms with Crippen molar-refractivity contribution in [2.75, 3.05) is 12.8 Å². The second kappa shape index (κ2) is 5.44. The van der Waals surface area contributed by atoms with Gasteiger partial charge in [-0.2, -0.15) is 0 Å². The fourth-order valence-corrected chi connectivity index (χ4v) is 2.68. The van der Waals surface area contributed by atoms with Gasteiger partial charge in [-0.25, -0.2) is 4.98 Å². The van der Waals surface area contributed by atoms with Crippen LogP contribution in [-0.4, -0.2) is 22.6 Å². The largest absolute Gasteiger partial charge is 0.469 e. The van der Waals surface area contributed by atoms with Gasteiger partial charge in [0, 0.05) is 28.9 Å². The third-order valence-electron chi connectivity index (χ3n) is 3.14. The molecule has 0 aliphatic heterocycles. The first-order chi connectivity index (χ1) is 9.02. The Morgan fingerprint density at radius 3 is 2.84 bits per heavy atom. The SMILES string of the molecule is COC(=O)CCn1c(C)cc(-c2csc(N)n2)c1C. The van der Waals surface area contributed by atoms with E-state index in [1.807, 2.05) is 19.2 Å². The van der Waals surface area contributed by atoms with Gasteiger partial charge >= 0.3 is 5.97 Å². The lowest BCUT2D eigenvalue weighted by Gasteiger charge is -2.08. The monoisotopic (exact) mass is 279 g/mol. The molecule has 0 fully saturated rings. The number of hydrogen-bond acceptors (Lipinski definition) is 5. The maximum Gasteiger partial charge on any atom is 0.307 e. The van der Waals surface area contributed by atoms with E-state index in [2.05, 4.69) is 20.4 Å². The molecule has 2 aromatic heterocycles. The predicted octanol–water partition coefficient (Wildman–Crippen LogP) is 2.37. The Balaban J connectivity index is 2.27. The number of anilines is 1. The summed E-state index contributed by atoms with van der Waals surface area (Å²) in [6.07, 6.45) is 0.367. The molecular formula is C13H17N3O2S. The molecule has 0 aliphatic carbocycles. The zero-order valence-electron chi connectivity index (χ0n) is 11.3. The summed E-state index contributed by atoms with van der Waals surface area (Å²) in [4.78, 5) is 15.5. The van der Waals surface area contributed by atoms with Crippen molar-refractivity contribution in [2.45, 2.75) is 26.8 Å². The van der Waals surface area contributed by atoms with E-state index in [9.17, 15) is 4.79 Å². The van der Waals surface area contributed by atoms with Crippen molar-refractivity contribution in [3.8, 4) is 11.3 Å². The van der Waals surface area contributed by atoms with Crippen molar-refractivity contribution in [3.05, 3.63) is 22.8 Å². The fourth-order valence-electron chi connectivity index (χ4n) is 2.12. The molecule has 0 aromatic carbocycles. The van der Waals surface area contributed by atoms with Crippen LogP contribution in [0.15, 0.2) is 11.4 Å². The highest BCUT2D eigenvalue weighted by molar-refractivity contribution is 7.13. The van der Waals surface area contributed by atoms with Crippen LogP contribution in [0.2, 0.25) is 0 Å². The van der Waals surface area contributed by atoms with Crippen molar-refractivity contribution in [1.82, 2.24) is 9.55 Å². The van der Waals surface area contributed by atoms with Crippen molar-refractivity contribution < 1.29 is 9.53 Å². The molecule has 0 amide bonds. The number of carbonyl (C=O) groups excluding carboxylic acids is 1. The van der Waals surface area contributed by atoms with E-state index in [-0.39, 0.29) is 5.97 Å². The summed E-state index contributed by atoms with van der Waals surface area (Å²) in [5.41, 5.74) is 9.81. The minimum absolute atomic E-state index is 0.202. The number of hydrogen-bond donors (Lipinski definition) is 1. The molecule has 2 N–H and O–H groups in total. The topological polar surface area (TPSA) is 70.1 Å². The average Bonchev–Trinajstić information content (AvgIpc) is 2.92. The summed E-state index contributed by atoms with van der Waals surface area (Å²) in [5, 5.41) is 2.51. The molecule has 5 nitrogen and oxygen atoms in total. The maximum atomic E-state index is 11.2. The van der Waals surface area contributed by atoms with E-state index in [0.29, 0.717) is 18.1 Å². The van der Waals surface area contributed by atoms with E-state index in [1.54, 1.807) is 0 Å². The Kier molecular flexibility index (Phi) is 3.90. The molecule has 2 rings (SSSR count). The molecule has 0 radical (unpaired) electrons. The number of nitrogen functional groups attached to an aromatic ring is 1. The van der Waals surface area contributed by atoms with Crippen LogP contribution in [0.25, 0.3) is 11.3 Å². The molecule has 0 saturated heterocycles. The van der Waals surface area contributed by atoms with Crippen molar-refractivity contribution in [1.29, 1.82) is 0 Å². The molecule has 0 saturated carbocycles. The van der Waals surface area contributed by atoms with E-state index < -0.39 is 0 Å². The van der Waals surface area contributed by atoms with Crippen LogP contribution in [0.5, 0.6) is 0 Å². The first kappa shape index (κ1) is 13.6. The highest BCUT2D eigenvalue weighted by Crippen LogP contribution is 2.28. The fraction of sp³-hybridized carbons (Fsp3) is 0.385. The molecule has 6 heteroatoms. The summed E-state index contributed by atoms with van der Waals surface area (Å²) >= 11 is 1.43. The first-order valence-electron chi connectivity index (χ1n) is 5.98. The maximum absolute atomic E-state index is 11.2. The second-order valence-electron chi connectivity index (χ2n) is 4.33. The molecule has 0 unspecified atom stereocenters. The molecular weight excluding hydrogens is 262 g/mol. The number of thiazole rings is 1. The Bertz CT molecular complexity index is 601. The third kappa shape index (κ3) is 2.78. The smallest absolute Gasteiger partial charge is 0.307 e. The predicted molar refractivity (Wildman–Crippen MR) is 76.1 cm³/mol. The Morgan fingerprint density at radius 1 is 1.53 bits per heavy atom. The molecule has 102 valence electrons. The number of nitrogens with zero attached hydrogens (tertiary/aromatic N) is 2. The lowest BCUT2D eigenvalue weighted by molar-refractivity contribution is -0.140. The van der Waals surface area contributed by atoms with E-state index in [0.717, 1.165) is 22.6 Å². The minimum atomic E-state index is -0.202. The van der Waals surface area contributed by atoms with Crippen LogP contribution in [0.3, 0.4) is 0 Å². The molecule has 2 aromatic rings. The number of carbonyl (C=O) groups is 1. The van der Waals surface area contributed by atoms with E-state index >= 15 is 0 Å². The molecule has 0 atom stereocenters. The van der Waals surface area contributed by atoms with Gasteiger partial charge in [-0.05, 0) is 19.9 Å². The number of rotatable bonds is 4. The van der Waals surface area contributed by atoms with Crippen LogP contribution in [0, 0.1) is 13.8 Å². The van der Waals surface area contributed by atoms with Gasteiger partial charge in [-0.15, -0.1) is 11.3 Å². The summed E-state index contributed by atoms with van der Waals surface area (Å²) in [5.74, 6) is -0.202. The highest BCUT2D eigenvalue weighted by atomic mass is 32.1. The van der Waals surface area contributed by atoms with Gasteiger partial charge in [-0.3, -0.25) is 4.79 Å². The number of methoxy groups -OCH3 is 1. The van der Waals surface area contributed by atoms with Gasteiger partial charge < -0.3 is 15.0 Å². The number of nitrogens with two attached hydrogens (primary N) is 1. The average molecular weight is 279 g/mol. The zero-order valence-corrected chi connectivity index (χ0v) is 12.1. The molecule has 2 heterocycles. The number of ether oxygens (including phenoxy) is 1. The van der Waals surface area contributed by atoms with Gasteiger partial charge in [0.1, 0.15) is 0 Å². The van der Waals surface area contributed by atoms with Crippen LogP contribution < -0.4 is 5.73 Å². The van der Waals surface area contributed by atoms with Crippen molar-refractivity contribution >= 4 is 22.4 Å². The normalized spacial score (nSPS) is 10.7. The van der Waals surface area contributed by atoms with Gasteiger partial charge in [0.15, 0.2) is 5.13 Å². The summed E-state index contributed by atoms with van der Waals surface area (Å²) in [7, 11) is 1.40. The quantitative estimate of drug-likeness (QED) is 0.872. The first-order valence-corrected chi connectivity index (χ1v) is 6.85. The van der Waals surface area contributed by atoms with E-state index in [4.69, 9.17) is 5.73 Å². The second-order valence-corrected chi connectivity index (χ2v) is 5.22. The number of aryl methyl sites for hydroxylation is 1. The van der Waals surface area contributed by atoms with E-state index in [1.165, 1.54) is 18.4 Å². The van der Waals surface area contributed by atoms with Crippen LogP contribution in [0.1, 0.15) is 17.8 Å². The standard InChI is InChI=1S/C13H17N3O2S/c1-8-6-10(11-7-19-13(14)15-11)9(2)16(8)5-4-12(17)18-3/h6-7H,4-5H2,1-3H3,(H2,14,15). The van der Waals surface area contributed by atoms with Crippen molar-refractivity contribution in [3.63, 3.8) is 0 Å². The Hall–Kier alpha value is -1.82. The summed E-state index contributed by atoms with van der Waals surface area (Å²) < 4.78 is 6.77. The zero-order chi connectivity index (χ0) is 14.0. The molecule has 0 bridgehead atoms. The summed E-state index contributed by atoms with van der Waals surface area (Å²) in [6.45, 7) is 4.66. The Labute approximate surface area is 116 Å². The third-order valence-corrected chi connectivity index (χ3v) is 3.81. The van der Waals surface area contributed by atoms with Crippen molar-refractivity contribution in [2.24, 2.45) is 0 Å². The van der Waals surface area contributed by atoms with Crippen LogP contribution in [0.4, 0.5) is 5.13 Å².